The first-order chi connectivity index (χ1) is 16.3. The molecule has 7 heteroatoms. The zero-order valence-electron chi connectivity index (χ0n) is 20.5. The fourth-order valence-electron chi connectivity index (χ4n) is 4.30. The van der Waals surface area contributed by atoms with E-state index in [4.69, 9.17) is 4.74 Å². The van der Waals surface area contributed by atoms with E-state index in [1.165, 1.54) is 0 Å². The quantitative estimate of drug-likeness (QED) is 0.592. The summed E-state index contributed by atoms with van der Waals surface area (Å²) in [7, 11) is 0. The molecule has 0 radical (unpaired) electrons. The summed E-state index contributed by atoms with van der Waals surface area (Å²) in [5, 5.41) is 5.79. The van der Waals surface area contributed by atoms with Gasteiger partial charge in [-0.3, -0.25) is 14.4 Å². The molecule has 2 aromatic rings. The molecule has 3 atom stereocenters. The molecule has 3 amide bonds. The summed E-state index contributed by atoms with van der Waals surface area (Å²) in [6, 6.07) is 14.5. The van der Waals surface area contributed by atoms with E-state index in [0.29, 0.717) is 17.7 Å². The lowest BCUT2D eigenvalue weighted by Crippen LogP contribution is -2.49. The molecule has 3 unspecified atom stereocenters. The van der Waals surface area contributed by atoms with Crippen LogP contribution in [0, 0.1) is 0 Å². The number of rotatable bonds is 8. The first-order valence-corrected chi connectivity index (χ1v) is 12.0. The standard InChI is InChI=1S/C27H35N3O4/c1-5-25(31)29-23-13-9-21(10-14-23)20(4)28-27(33)22-11-15-24(16-12-22)34-17-26(32)30-18(2)7-6-8-19(30)3/h9-16,18-20H,5-8,17H2,1-4H3,(H,28,33)(H,29,31). The Hall–Kier alpha value is -3.35. The summed E-state index contributed by atoms with van der Waals surface area (Å²) in [6.07, 6.45) is 3.62. The van der Waals surface area contributed by atoms with Crippen LogP contribution >= 0.6 is 0 Å². The minimum atomic E-state index is -0.203. The average molecular weight is 466 g/mol. The van der Waals surface area contributed by atoms with Gasteiger partial charge in [0.05, 0.1) is 6.04 Å². The van der Waals surface area contributed by atoms with Gasteiger partial charge in [-0.25, -0.2) is 0 Å². The van der Waals surface area contributed by atoms with Crippen LogP contribution in [0.4, 0.5) is 5.69 Å². The molecule has 7 nitrogen and oxygen atoms in total. The summed E-state index contributed by atoms with van der Waals surface area (Å²) in [5.41, 5.74) is 2.17. The Morgan fingerprint density at radius 1 is 1.00 bits per heavy atom. The number of anilines is 1. The van der Waals surface area contributed by atoms with E-state index in [0.717, 1.165) is 30.5 Å². The molecule has 1 aliphatic rings. The van der Waals surface area contributed by atoms with Crippen LogP contribution in [0.3, 0.4) is 0 Å². The summed E-state index contributed by atoms with van der Waals surface area (Å²) in [4.78, 5) is 38.7. The van der Waals surface area contributed by atoms with Gasteiger partial charge in [0, 0.05) is 29.8 Å². The van der Waals surface area contributed by atoms with E-state index < -0.39 is 0 Å². The highest BCUT2D eigenvalue weighted by atomic mass is 16.5. The van der Waals surface area contributed by atoms with Crippen molar-refractivity contribution in [3.05, 3.63) is 59.7 Å². The first-order valence-electron chi connectivity index (χ1n) is 12.0. The molecule has 182 valence electrons. The van der Waals surface area contributed by atoms with Gasteiger partial charge in [0.2, 0.25) is 5.91 Å². The van der Waals surface area contributed by atoms with E-state index in [-0.39, 0.29) is 42.5 Å². The van der Waals surface area contributed by atoms with Gasteiger partial charge in [0.15, 0.2) is 6.61 Å². The van der Waals surface area contributed by atoms with Crippen LogP contribution in [-0.2, 0) is 9.59 Å². The third-order valence-corrected chi connectivity index (χ3v) is 6.32. The molecular formula is C27H35N3O4. The van der Waals surface area contributed by atoms with E-state index in [9.17, 15) is 14.4 Å². The highest BCUT2D eigenvalue weighted by molar-refractivity contribution is 5.94. The van der Waals surface area contributed by atoms with Crippen molar-refractivity contribution in [1.29, 1.82) is 0 Å². The Labute approximate surface area is 201 Å². The molecule has 1 heterocycles. The molecule has 1 fully saturated rings. The van der Waals surface area contributed by atoms with E-state index in [1.807, 2.05) is 36.1 Å². The normalized spacial score (nSPS) is 18.6. The third-order valence-electron chi connectivity index (χ3n) is 6.32. The molecule has 1 aliphatic heterocycles. The topological polar surface area (TPSA) is 87.7 Å². The Balaban J connectivity index is 1.51. The smallest absolute Gasteiger partial charge is 0.260 e. The van der Waals surface area contributed by atoms with Gasteiger partial charge in [0.25, 0.3) is 11.8 Å². The molecule has 0 saturated carbocycles. The minimum Gasteiger partial charge on any atom is -0.484 e. The number of carbonyl (C=O) groups excluding carboxylic acids is 3. The maximum Gasteiger partial charge on any atom is 0.260 e. The summed E-state index contributed by atoms with van der Waals surface area (Å²) >= 11 is 0. The molecule has 2 N–H and O–H groups in total. The lowest BCUT2D eigenvalue weighted by molar-refractivity contribution is -0.139. The molecule has 34 heavy (non-hydrogen) atoms. The van der Waals surface area contributed by atoms with Crippen LogP contribution in [0.1, 0.15) is 75.3 Å². The van der Waals surface area contributed by atoms with Gasteiger partial charge in [-0.05, 0) is 82.0 Å². The van der Waals surface area contributed by atoms with Crippen LogP contribution in [-0.4, -0.2) is 41.3 Å². The van der Waals surface area contributed by atoms with Crippen LogP contribution in [0.25, 0.3) is 0 Å². The highest BCUT2D eigenvalue weighted by Crippen LogP contribution is 2.23. The number of likely N-dealkylation sites (tertiary alicyclic amines) is 1. The predicted molar refractivity (Wildman–Crippen MR) is 133 cm³/mol. The van der Waals surface area contributed by atoms with Gasteiger partial charge >= 0.3 is 0 Å². The molecule has 0 aliphatic carbocycles. The van der Waals surface area contributed by atoms with Crippen molar-refractivity contribution >= 4 is 23.4 Å². The van der Waals surface area contributed by atoms with Gasteiger partial charge in [-0.15, -0.1) is 0 Å². The summed E-state index contributed by atoms with van der Waals surface area (Å²) < 4.78 is 5.70. The predicted octanol–water partition coefficient (Wildman–Crippen LogP) is 4.69. The summed E-state index contributed by atoms with van der Waals surface area (Å²) in [5.74, 6) is 0.312. The molecule has 3 rings (SSSR count). The van der Waals surface area contributed by atoms with E-state index >= 15 is 0 Å². The maximum atomic E-state index is 12.7. The second kappa shape index (κ2) is 11.7. The number of amides is 3. The Morgan fingerprint density at radius 2 is 1.62 bits per heavy atom. The molecule has 0 spiro atoms. The first kappa shape index (κ1) is 25.3. The largest absolute Gasteiger partial charge is 0.484 e. The third kappa shape index (κ3) is 6.59. The summed E-state index contributed by atoms with van der Waals surface area (Å²) in [6.45, 7) is 7.87. The van der Waals surface area contributed by atoms with Crippen molar-refractivity contribution in [2.45, 2.75) is 71.5 Å². The van der Waals surface area contributed by atoms with Crippen LogP contribution in [0.2, 0.25) is 0 Å². The van der Waals surface area contributed by atoms with Crippen LogP contribution in [0.5, 0.6) is 5.75 Å². The Kier molecular flexibility index (Phi) is 8.68. The number of benzene rings is 2. The molecule has 2 aromatic carbocycles. The van der Waals surface area contributed by atoms with Crippen molar-refractivity contribution in [2.75, 3.05) is 11.9 Å². The van der Waals surface area contributed by atoms with Crippen molar-refractivity contribution in [1.82, 2.24) is 10.2 Å². The fourth-order valence-corrected chi connectivity index (χ4v) is 4.30. The number of ether oxygens (including phenoxy) is 1. The minimum absolute atomic E-state index is 0.00405. The maximum absolute atomic E-state index is 12.7. The van der Waals surface area contributed by atoms with E-state index in [1.54, 1.807) is 31.2 Å². The lowest BCUT2D eigenvalue weighted by Gasteiger charge is -2.38. The molecule has 0 aromatic heterocycles. The van der Waals surface area contributed by atoms with Gasteiger partial charge in [0.1, 0.15) is 5.75 Å². The van der Waals surface area contributed by atoms with Crippen molar-refractivity contribution < 1.29 is 19.1 Å². The molecule has 0 bridgehead atoms. The second-order valence-electron chi connectivity index (χ2n) is 8.96. The van der Waals surface area contributed by atoms with Crippen molar-refractivity contribution in [2.24, 2.45) is 0 Å². The number of carbonyl (C=O) groups is 3. The molecular weight excluding hydrogens is 430 g/mol. The van der Waals surface area contributed by atoms with Crippen molar-refractivity contribution in [3.8, 4) is 5.75 Å². The number of hydrogen-bond donors (Lipinski definition) is 2. The lowest BCUT2D eigenvalue weighted by atomic mass is 9.97. The number of hydrogen-bond acceptors (Lipinski definition) is 4. The van der Waals surface area contributed by atoms with Gasteiger partial charge in [-0.2, -0.15) is 0 Å². The number of nitrogens with zero attached hydrogens (tertiary/aromatic N) is 1. The fraction of sp³-hybridized carbons (Fsp3) is 0.444. The van der Waals surface area contributed by atoms with Gasteiger partial charge in [-0.1, -0.05) is 19.1 Å². The van der Waals surface area contributed by atoms with Gasteiger partial charge < -0.3 is 20.3 Å². The Morgan fingerprint density at radius 3 is 2.21 bits per heavy atom. The second-order valence-corrected chi connectivity index (χ2v) is 8.96. The average Bonchev–Trinajstić information content (AvgIpc) is 2.83. The SMILES string of the molecule is CCC(=O)Nc1ccc(C(C)NC(=O)c2ccc(OCC(=O)N3C(C)CCCC3C)cc2)cc1. The molecule has 1 saturated heterocycles. The van der Waals surface area contributed by atoms with Crippen LogP contribution < -0.4 is 15.4 Å². The van der Waals surface area contributed by atoms with Crippen molar-refractivity contribution in [3.63, 3.8) is 0 Å². The highest BCUT2D eigenvalue weighted by Gasteiger charge is 2.29. The number of nitrogens with one attached hydrogen (secondary N) is 2. The van der Waals surface area contributed by atoms with E-state index in [2.05, 4.69) is 24.5 Å². The Bertz CT molecular complexity index is 978. The van der Waals surface area contributed by atoms with Crippen LogP contribution in [0.15, 0.2) is 48.5 Å². The monoisotopic (exact) mass is 465 g/mol. The zero-order valence-corrected chi connectivity index (χ0v) is 20.5. The zero-order chi connectivity index (χ0) is 24.7. The number of piperidine rings is 1.